The standard InChI is InChI=1S/C21H27N3O5S/c1-3-5-14-23(15-6-4-2)30(28,29)20-12-10-18(11-13-20)22-21(25)17-8-7-9-19(16-17)24(26)27/h7-13,16H,3-6,14-15H2,1-2H3,(H,22,25). The maximum Gasteiger partial charge on any atom is 0.270 e. The van der Waals surface area contributed by atoms with Crippen molar-refractivity contribution in [2.75, 3.05) is 18.4 Å². The third-order valence-corrected chi connectivity index (χ3v) is 6.50. The van der Waals surface area contributed by atoms with Crippen LogP contribution in [0, 0.1) is 10.1 Å². The molecule has 0 aliphatic heterocycles. The van der Waals surface area contributed by atoms with E-state index in [2.05, 4.69) is 5.32 Å². The maximum atomic E-state index is 13.0. The molecule has 2 aromatic carbocycles. The quantitative estimate of drug-likeness (QED) is 0.416. The van der Waals surface area contributed by atoms with Crippen molar-refractivity contribution in [1.29, 1.82) is 0 Å². The summed E-state index contributed by atoms with van der Waals surface area (Å²) in [6.07, 6.45) is 3.39. The van der Waals surface area contributed by atoms with Crippen LogP contribution in [-0.2, 0) is 10.0 Å². The van der Waals surface area contributed by atoms with Gasteiger partial charge in [0, 0.05) is 36.5 Å². The molecule has 1 N–H and O–H groups in total. The second kappa shape index (κ2) is 10.8. The van der Waals surface area contributed by atoms with Gasteiger partial charge in [0.1, 0.15) is 0 Å². The zero-order valence-electron chi connectivity index (χ0n) is 17.2. The molecule has 1 amide bonds. The molecule has 0 radical (unpaired) electrons. The normalized spacial score (nSPS) is 11.4. The van der Waals surface area contributed by atoms with Gasteiger partial charge in [-0.3, -0.25) is 14.9 Å². The van der Waals surface area contributed by atoms with E-state index in [9.17, 15) is 23.3 Å². The SMILES string of the molecule is CCCCN(CCCC)S(=O)(=O)c1ccc(NC(=O)c2cccc([N+](=O)[O-])c2)cc1. The molecule has 0 fully saturated rings. The number of carbonyl (C=O) groups excluding carboxylic acids is 1. The van der Waals surface area contributed by atoms with Gasteiger partial charge in [-0.25, -0.2) is 8.42 Å². The Labute approximate surface area is 177 Å². The molecule has 0 heterocycles. The fraction of sp³-hybridized carbons (Fsp3) is 0.381. The first-order chi connectivity index (χ1) is 14.3. The van der Waals surface area contributed by atoms with Gasteiger partial charge in [0.2, 0.25) is 10.0 Å². The van der Waals surface area contributed by atoms with Gasteiger partial charge in [-0.05, 0) is 43.2 Å². The van der Waals surface area contributed by atoms with Gasteiger partial charge in [-0.2, -0.15) is 4.31 Å². The molecule has 0 saturated carbocycles. The summed E-state index contributed by atoms with van der Waals surface area (Å²) in [4.78, 5) is 22.8. The van der Waals surface area contributed by atoms with Crippen molar-refractivity contribution in [3.63, 3.8) is 0 Å². The average molecular weight is 434 g/mol. The molecule has 2 aromatic rings. The molecule has 162 valence electrons. The first-order valence-corrected chi connectivity index (χ1v) is 11.4. The van der Waals surface area contributed by atoms with Crippen molar-refractivity contribution in [1.82, 2.24) is 4.31 Å². The van der Waals surface area contributed by atoms with Crippen LogP contribution in [0.3, 0.4) is 0 Å². The van der Waals surface area contributed by atoms with E-state index < -0.39 is 20.9 Å². The number of nitro benzene ring substituents is 1. The summed E-state index contributed by atoms with van der Waals surface area (Å²) in [6.45, 7) is 4.99. The minimum Gasteiger partial charge on any atom is -0.322 e. The van der Waals surface area contributed by atoms with E-state index in [4.69, 9.17) is 0 Å². The molecule has 0 bridgehead atoms. The number of nitrogens with zero attached hydrogens (tertiary/aromatic N) is 2. The van der Waals surface area contributed by atoms with E-state index in [0.29, 0.717) is 18.8 Å². The number of non-ortho nitro benzene ring substituents is 1. The van der Waals surface area contributed by atoms with Crippen molar-refractivity contribution < 1.29 is 18.1 Å². The number of benzene rings is 2. The van der Waals surface area contributed by atoms with Gasteiger partial charge < -0.3 is 5.32 Å². The van der Waals surface area contributed by atoms with Gasteiger partial charge >= 0.3 is 0 Å². The Morgan fingerprint density at radius 1 is 1.03 bits per heavy atom. The first kappa shape index (κ1) is 23.5. The predicted octanol–water partition coefficient (Wildman–Crippen LogP) is 4.44. The maximum absolute atomic E-state index is 13.0. The van der Waals surface area contributed by atoms with Crippen molar-refractivity contribution in [2.45, 2.75) is 44.4 Å². The van der Waals surface area contributed by atoms with Crippen LogP contribution >= 0.6 is 0 Å². The van der Waals surface area contributed by atoms with Crippen LogP contribution in [0.15, 0.2) is 53.4 Å². The summed E-state index contributed by atoms with van der Waals surface area (Å²) < 4.78 is 27.5. The van der Waals surface area contributed by atoms with E-state index >= 15 is 0 Å². The molecule has 0 aromatic heterocycles. The fourth-order valence-electron chi connectivity index (χ4n) is 2.84. The lowest BCUT2D eigenvalue weighted by Gasteiger charge is -2.22. The summed E-state index contributed by atoms with van der Waals surface area (Å²) in [5.74, 6) is -0.512. The Balaban J connectivity index is 2.15. The molecule has 9 heteroatoms. The van der Waals surface area contributed by atoms with Gasteiger partial charge in [0.25, 0.3) is 11.6 Å². The number of amides is 1. The van der Waals surface area contributed by atoms with Crippen LogP contribution in [0.4, 0.5) is 11.4 Å². The molecule has 0 unspecified atom stereocenters. The minimum absolute atomic E-state index is 0.145. The highest BCUT2D eigenvalue weighted by molar-refractivity contribution is 7.89. The van der Waals surface area contributed by atoms with E-state index in [1.54, 1.807) is 0 Å². The Hall–Kier alpha value is -2.78. The van der Waals surface area contributed by atoms with Crippen molar-refractivity contribution in [3.8, 4) is 0 Å². The van der Waals surface area contributed by atoms with Crippen LogP contribution in [0.25, 0.3) is 0 Å². The lowest BCUT2D eigenvalue weighted by Crippen LogP contribution is -2.33. The summed E-state index contributed by atoms with van der Waals surface area (Å²) in [6, 6.07) is 11.4. The number of nitro groups is 1. The number of unbranched alkanes of at least 4 members (excludes halogenated alkanes) is 2. The van der Waals surface area contributed by atoms with Gasteiger partial charge in [-0.15, -0.1) is 0 Å². The largest absolute Gasteiger partial charge is 0.322 e. The highest BCUT2D eigenvalue weighted by atomic mass is 32.2. The third-order valence-electron chi connectivity index (χ3n) is 4.59. The van der Waals surface area contributed by atoms with Gasteiger partial charge in [-0.1, -0.05) is 32.8 Å². The second-order valence-corrected chi connectivity index (χ2v) is 8.84. The number of hydrogen-bond donors (Lipinski definition) is 1. The molecular formula is C21H27N3O5S. The predicted molar refractivity (Wildman–Crippen MR) is 116 cm³/mol. The van der Waals surface area contributed by atoms with E-state index in [-0.39, 0.29) is 16.1 Å². The summed E-state index contributed by atoms with van der Waals surface area (Å²) in [7, 11) is -3.61. The van der Waals surface area contributed by atoms with Crippen LogP contribution < -0.4 is 5.32 Å². The molecule has 2 rings (SSSR count). The lowest BCUT2D eigenvalue weighted by molar-refractivity contribution is -0.384. The number of carbonyl (C=O) groups is 1. The second-order valence-electron chi connectivity index (χ2n) is 6.90. The van der Waals surface area contributed by atoms with Crippen molar-refractivity contribution in [3.05, 3.63) is 64.2 Å². The molecule has 0 saturated heterocycles. The molecule has 0 aliphatic carbocycles. The van der Waals surface area contributed by atoms with E-state index in [1.807, 2.05) is 13.8 Å². The zero-order chi connectivity index (χ0) is 22.1. The van der Waals surface area contributed by atoms with Crippen LogP contribution in [-0.4, -0.2) is 36.6 Å². The number of sulfonamides is 1. The molecule has 8 nitrogen and oxygen atoms in total. The molecule has 0 aliphatic rings. The highest BCUT2D eigenvalue weighted by Crippen LogP contribution is 2.21. The number of rotatable bonds is 11. The van der Waals surface area contributed by atoms with Gasteiger partial charge in [0.05, 0.1) is 9.82 Å². The Morgan fingerprint density at radius 2 is 1.63 bits per heavy atom. The van der Waals surface area contributed by atoms with Crippen molar-refractivity contribution in [2.24, 2.45) is 0 Å². The monoisotopic (exact) mass is 433 g/mol. The molecular weight excluding hydrogens is 406 g/mol. The topological polar surface area (TPSA) is 110 Å². The van der Waals surface area contributed by atoms with Gasteiger partial charge in [0.15, 0.2) is 0 Å². The third kappa shape index (κ3) is 6.11. The number of hydrogen-bond acceptors (Lipinski definition) is 5. The Kier molecular flexibility index (Phi) is 8.49. The summed E-state index contributed by atoms with van der Waals surface area (Å²) in [5.41, 5.74) is 0.369. The van der Waals surface area contributed by atoms with Crippen LogP contribution in [0.1, 0.15) is 49.9 Å². The van der Waals surface area contributed by atoms with E-state index in [1.165, 1.54) is 52.8 Å². The lowest BCUT2D eigenvalue weighted by atomic mass is 10.2. The smallest absolute Gasteiger partial charge is 0.270 e. The molecule has 30 heavy (non-hydrogen) atoms. The fourth-order valence-corrected chi connectivity index (χ4v) is 4.36. The first-order valence-electron chi connectivity index (χ1n) is 9.95. The van der Waals surface area contributed by atoms with Crippen molar-refractivity contribution >= 4 is 27.3 Å². The summed E-state index contributed by atoms with van der Waals surface area (Å²) in [5, 5.41) is 13.5. The minimum atomic E-state index is -3.61. The number of nitrogens with one attached hydrogen (secondary N) is 1. The Morgan fingerprint density at radius 3 is 2.17 bits per heavy atom. The van der Waals surface area contributed by atoms with E-state index in [0.717, 1.165) is 25.7 Å². The summed E-state index contributed by atoms with van der Waals surface area (Å²) >= 11 is 0. The van der Waals surface area contributed by atoms with Crippen LogP contribution in [0.2, 0.25) is 0 Å². The van der Waals surface area contributed by atoms with Crippen LogP contribution in [0.5, 0.6) is 0 Å². The number of anilines is 1. The average Bonchev–Trinajstić information content (AvgIpc) is 2.74. The Bertz CT molecular complexity index is 966. The highest BCUT2D eigenvalue weighted by Gasteiger charge is 2.23. The zero-order valence-corrected chi connectivity index (χ0v) is 18.0. The molecule has 0 spiro atoms. The molecule has 0 atom stereocenters.